The lowest BCUT2D eigenvalue weighted by Crippen LogP contribution is -2.40. The van der Waals surface area contributed by atoms with E-state index in [1.807, 2.05) is 0 Å². The molecule has 23 heavy (non-hydrogen) atoms. The van der Waals surface area contributed by atoms with Crippen LogP contribution in [0, 0.1) is 5.92 Å². The molecule has 0 unspecified atom stereocenters. The second-order valence-corrected chi connectivity index (χ2v) is 7.74. The minimum absolute atomic E-state index is 0.199. The maximum Gasteiger partial charge on any atom is 0.309 e. The van der Waals surface area contributed by atoms with Gasteiger partial charge in [-0.1, -0.05) is 0 Å². The Balaban J connectivity index is 1.71. The van der Waals surface area contributed by atoms with Gasteiger partial charge in [-0.05, 0) is 43.5 Å². The average Bonchev–Trinajstić information content (AvgIpc) is 3.03. The van der Waals surface area contributed by atoms with Gasteiger partial charge in [0, 0.05) is 19.5 Å². The fraction of sp³-hybridized carbons (Fsp3) is 0.562. The second-order valence-electron chi connectivity index (χ2n) is 5.80. The van der Waals surface area contributed by atoms with Gasteiger partial charge in [-0.2, -0.15) is 4.31 Å². The Morgan fingerprint density at radius 2 is 2.09 bits per heavy atom. The zero-order valence-electron chi connectivity index (χ0n) is 13.2. The van der Waals surface area contributed by atoms with Crippen molar-refractivity contribution >= 4 is 16.0 Å². The summed E-state index contributed by atoms with van der Waals surface area (Å²) in [6.07, 6.45) is 1.75. The Kier molecular flexibility index (Phi) is 4.59. The molecular formula is C16H21NO5S. The van der Waals surface area contributed by atoms with Crippen LogP contribution in [0.2, 0.25) is 0 Å². The number of hydrogen-bond donors (Lipinski definition) is 0. The largest absolute Gasteiger partial charge is 0.493 e. The third kappa shape index (κ3) is 3.21. The molecule has 0 atom stereocenters. The van der Waals surface area contributed by atoms with Gasteiger partial charge in [0.25, 0.3) is 0 Å². The van der Waals surface area contributed by atoms with Crippen LogP contribution in [0.5, 0.6) is 5.75 Å². The van der Waals surface area contributed by atoms with Crippen LogP contribution in [-0.4, -0.2) is 45.0 Å². The van der Waals surface area contributed by atoms with Gasteiger partial charge in [0.05, 0.1) is 24.0 Å². The number of piperidine rings is 1. The Hall–Kier alpha value is -1.60. The van der Waals surface area contributed by atoms with Crippen LogP contribution in [0.4, 0.5) is 0 Å². The summed E-state index contributed by atoms with van der Waals surface area (Å²) in [6, 6.07) is 5.02. The number of carbonyl (C=O) groups is 1. The monoisotopic (exact) mass is 339 g/mol. The Bertz CT molecular complexity index is 692. The first-order valence-electron chi connectivity index (χ1n) is 7.95. The summed E-state index contributed by atoms with van der Waals surface area (Å²) in [7, 11) is -3.52. The molecule has 2 heterocycles. The molecule has 1 saturated heterocycles. The van der Waals surface area contributed by atoms with Gasteiger partial charge in [0.2, 0.25) is 10.0 Å². The van der Waals surface area contributed by atoms with Crippen LogP contribution in [0.25, 0.3) is 0 Å². The molecule has 126 valence electrons. The van der Waals surface area contributed by atoms with E-state index in [9.17, 15) is 13.2 Å². The first-order valence-corrected chi connectivity index (χ1v) is 9.39. The summed E-state index contributed by atoms with van der Waals surface area (Å²) in [5.74, 6) is 0.346. The van der Waals surface area contributed by atoms with Crippen LogP contribution >= 0.6 is 0 Å². The zero-order valence-corrected chi connectivity index (χ0v) is 14.0. The first-order chi connectivity index (χ1) is 11.0. The lowest BCUT2D eigenvalue weighted by atomic mass is 9.98. The molecule has 0 bridgehead atoms. The van der Waals surface area contributed by atoms with E-state index in [4.69, 9.17) is 9.47 Å². The van der Waals surface area contributed by atoms with E-state index in [-0.39, 0.29) is 11.9 Å². The summed E-state index contributed by atoms with van der Waals surface area (Å²) in [5.41, 5.74) is 0.937. The lowest BCUT2D eigenvalue weighted by Gasteiger charge is -2.30. The molecule has 0 aliphatic carbocycles. The van der Waals surface area contributed by atoms with E-state index in [0.717, 1.165) is 17.7 Å². The molecule has 1 aromatic carbocycles. The van der Waals surface area contributed by atoms with Crippen LogP contribution in [-0.2, 0) is 26.0 Å². The number of rotatable bonds is 4. The van der Waals surface area contributed by atoms with Crippen LogP contribution in [0.15, 0.2) is 23.1 Å². The molecule has 7 heteroatoms. The number of hydrogen-bond acceptors (Lipinski definition) is 5. The van der Waals surface area contributed by atoms with Crippen molar-refractivity contribution in [3.63, 3.8) is 0 Å². The summed E-state index contributed by atoms with van der Waals surface area (Å²) < 4.78 is 37.4. The molecule has 0 aromatic heterocycles. The molecular weight excluding hydrogens is 318 g/mol. The molecule has 0 spiro atoms. The molecule has 0 amide bonds. The summed E-state index contributed by atoms with van der Waals surface area (Å²) in [6.45, 7) is 3.42. The third-order valence-corrected chi connectivity index (χ3v) is 6.27. The van der Waals surface area contributed by atoms with E-state index in [2.05, 4.69) is 0 Å². The number of fused-ring (bicyclic) bond motifs is 1. The van der Waals surface area contributed by atoms with E-state index in [1.54, 1.807) is 25.1 Å². The van der Waals surface area contributed by atoms with Crippen molar-refractivity contribution in [3.05, 3.63) is 23.8 Å². The second kappa shape index (κ2) is 6.49. The number of sulfonamides is 1. The van der Waals surface area contributed by atoms with E-state index < -0.39 is 10.0 Å². The van der Waals surface area contributed by atoms with Gasteiger partial charge in [-0.25, -0.2) is 8.42 Å². The van der Waals surface area contributed by atoms with Crippen LogP contribution in [0.3, 0.4) is 0 Å². The van der Waals surface area contributed by atoms with E-state index in [0.29, 0.717) is 44.0 Å². The smallest absolute Gasteiger partial charge is 0.309 e. The molecule has 2 aliphatic heterocycles. The highest BCUT2D eigenvalue weighted by molar-refractivity contribution is 7.89. The SMILES string of the molecule is CCOC(=O)C1CCN(S(=O)(=O)c2ccc3c(c2)CCO3)CC1. The minimum Gasteiger partial charge on any atom is -0.493 e. The number of ether oxygens (including phenoxy) is 2. The first kappa shape index (κ1) is 16.3. The van der Waals surface area contributed by atoms with E-state index >= 15 is 0 Å². The van der Waals surface area contributed by atoms with Gasteiger partial charge in [0.15, 0.2) is 0 Å². The lowest BCUT2D eigenvalue weighted by molar-refractivity contribution is -0.149. The predicted octanol–water partition coefficient (Wildman–Crippen LogP) is 1.59. The number of esters is 1. The normalized spacial score (nSPS) is 19.2. The predicted molar refractivity (Wildman–Crippen MR) is 83.8 cm³/mol. The molecule has 0 N–H and O–H groups in total. The Morgan fingerprint density at radius 3 is 2.78 bits per heavy atom. The van der Waals surface area contributed by atoms with Crippen molar-refractivity contribution in [2.45, 2.75) is 31.1 Å². The van der Waals surface area contributed by atoms with Crippen LogP contribution < -0.4 is 4.74 Å². The van der Waals surface area contributed by atoms with Crippen molar-refractivity contribution in [2.75, 3.05) is 26.3 Å². The summed E-state index contributed by atoms with van der Waals surface area (Å²) in [5, 5.41) is 0. The number of carbonyl (C=O) groups excluding carboxylic acids is 1. The highest BCUT2D eigenvalue weighted by Gasteiger charge is 2.33. The average molecular weight is 339 g/mol. The zero-order chi connectivity index (χ0) is 16.4. The molecule has 0 radical (unpaired) electrons. The van der Waals surface area contributed by atoms with Crippen molar-refractivity contribution < 1.29 is 22.7 Å². The highest BCUT2D eigenvalue weighted by atomic mass is 32.2. The molecule has 0 saturated carbocycles. The Morgan fingerprint density at radius 1 is 1.35 bits per heavy atom. The van der Waals surface area contributed by atoms with Gasteiger partial charge < -0.3 is 9.47 Å². The molecule has 6 nitrogen and oxygen atoms in total. The van der Waals surface area contributed by atoms with Crippen molar-refractivity contribution in [1.29, 1.82) is 0 Å². The maximum atomic E-state index is 12.8. The molecule has 1 aromatic rings. The Labute approximate surface area is 136 Å². The quantitative estimate of drug-likeness (QED) is 0.779. The van der Waals surface area contributed by atoms with Crippen molar-refractivity contribution in [3.8, 4) is 5.75 Å². The molecule has 2 aliphatic rings. The van der Waals surface area contributed by atoms with Gasteiger partial charge in [0.1, 0.15) is 5.75 Å². The molecule has 3 rings (SSSR count). The number of nitrogens with zero attached hydrogens (tertiary/aromatic N) is 1. The van der Waals surface area contributed by atoms with Gasteiger partial charge in [-0.3, -0.25) is 4.79 Å². The topological polar surface area (TPSA) is 72.9 Å². The third-order valence-electron chi connectivity index (χ3n) is 4.37. The summed E-state index contributed by atoms with van der Waals surface area (Å²) >= 11 is 0. The minimum atomic E-state index is -3.52. The fourth-order valence-electron chi connectivity index (χ4n) is 3.06. The fourth-order valence-corrected chi connectivity index (χ4v) is 4.59. The summed E-state index contributed by atoms with van der Waals surface area (Å²) in [4.78, 5) is 12.1. The van der Waals surface area contributed by atoms with Crippen molar-refractivity contribution in [1.82, 2.24) is 4.31 Å². The number of benzene rings is 1. The van der Waals surface area contributed by atoms with E-state index in [1.165, 1.54) is 4.31 Å². The van der Waals surface area contributed by atoms with Gasteiger partial charge in [-0.15, -0.1) is 0 Å². The standard InChI is InChI=1S/C16H21NO5S/c1-2-21-16(18)12-5-8-17(9-6-12)23(19,20)14-3-4-15-13(11-14)7-10-22-15/h3-4,11-12H,2,5-10H2,1H3. The van der Waals surface area contributed by atoms with Crippen molar-refractivity contribution in [2.24, 2.45) is 5.92 Å². The van der Waals surface area contributed by atoms with Crippen LogP contribution in [0.1, 0.15) is 25.3 Å². The van der Waals surface area contributed by atoms with Gasteiger partial charge >= 0.3 is 5.97 Å². The maximum absolute atomic E-state index is 12.8. The highest BCUT2D eigenvalue weighted by Crippen LogP contribution is 2.30. The molecule has 1 fully saturated rings.